The van der Waals surface area contributed by atoms with Crippen LogP contribution >= 0.6 is 15.9 Å². The summed E-state index contributed by atoms with van der Waals surface area (Å²) in [4.78, 5) is 10.8. The second-order valence-electron chi connectivity index (χ2n) is 5.05. The molecule has 1 aromatic carbocycles. The van der Waals surface area contributed by atoms with Crippen molar-refractivity contribution in [2.45, 2.75) is 31.8 Å². The summed E-state index contributed by atoms with van der Waals surface area (Å²) in [6, 6.07) is 3.73. The Hall–Kier alpha value is -1.33. The first-order valence-electron chi connectivity index (χ1n) is 6.35. The van der Waals surface area contributed by atoms with E-state index in [0.29, 0.717) is 0 Å². The van der Waals surface area contributed by atoms with Crippen LogP contribution in [0.3, 0.4) is 0 Å². The van der Waals surface area contributed by atoms with Gasteiger partial charge in [-0.1, -0.05) is 15.9 Å². The summed E-state index contributed by atoms with van der Waals surface area (Å²) < 4.78 is 3.23. The van der Waals surface area contributed by atoms with Gasteiger partial charge in [-0.05, 0) is 36.1 Å². The van der Waals surface area contributed by atoms with Crippen LogP contribution in [0.2, 0.25) is 0 Å². The lowest BCUT2D eigenvalue weighted by Crippen LogP contribution is -2.14. The number of halogens is 1. The Labute approximate surface area is 119 Å². The molecule has 0 spiro atoms. The van der Waals surface area contributed by atoms with Gasteiger partial charge in [0.1, 0.15) is 0 Å². The molecule has 1 atom stereocenters. The largest absolute Gasteiger partial charge is 0.481 e. The highest BCUT2D eigenvalue weighted by Gasteiger charge is 2.21. The summed E-state index contributed by atoms with van der Waals surface area (Å²) in [5, 5.41) is 9.99. The number of nitrogens with two attached hydrogens (primary N) is 1. The second kappa shape index (κ2) is 4.65. The molecule has 0 bridgehead atoms. The summed E-state index contributed by atoms with van der Waals surface area (Å²) in [6.45, 7) is 0.977. The highest BCUT2D eigenvalue weighted by Crippen LogP contribution is 2.35. The maximum Gasteiger partial charge on any atom is 0.305 e. The topological polar surface area (TPSA) is 68.2 Å². The third kappa shape index (κ3) is 2.17. The quantitative estimate of drug-likeness (QED) is 0.913. The Bertz CT molecular complexity index is 663. The number of carboxylic acid groups (broad SMARTS) is 1. The molecular formula is C14H15BrN2O2. The van der Waals surface area contributed by atoms with Crippen molar-refractivity contribution in [3.63, 3.8) is 0 Å². The molecule has 3 rings (SSSR count). The molecule has 2 heterocycles. The zero-order chi connectivity index (χ0) is 13.6. The molecule has 5 heteroatoms. The minimum absolute atomic E-state index is 0.0407. The maximum absolute atomic E-state index is 10.8. The van der Waals surface area contributed by atoms with Crippen molar-refractivity contribution in [1.29, 1.82) is 0 Å². The molecule has 19 heavy (non-hydrogen) atoms. The van der Waals surface area contributed by atoms with Gasteiger partial charge in [0.15, 0.2) is 0 Å². The van der Waals surface area contributed by atoms with E-state index in [9.17, 15) is 4.79 Å². The number of carboxylic acids is 1. The zero-order valence-electron chi connectivity index (χ0n) is 10.4. The van der Waals surface area contributed by atoms with Gasteiger partial charge >= 0.3 is 5.97 Å². The lowest BCUT2D eigenvalue weighted by Gasteiger charge is -2.15. The van der Waals surface area contributed by atoms with Crippen LogP contribution in [0.1, 0.15) is 30.0 Å². The highest BCUT2D eigenvalue weighted by molar-refractivity contribution is 9.10. The van der Waals surface area contributed by atoms with E-state index in [0.717, 1.165) is 34.8 Å². The molecule has 1 aliphatic heterocycles. The molecule has 0 saturated heterocycles. The van der Waals surface area contributed by atoms with E-state index in [2.05, 4.69) is 26.6 Å². The number of aryl methyl sites for hydroxylation is 2. The number of aliphatic carboxylic acids is 1. The minimum Gasteiger partial charge on any atom is -0.481 e. The van der Waals surface area contributed by atoms with Gasteiger partial charge in [-0.15, -0.1) is 0 Å². The first kappa shape index (κ1) is 12.7. The number of hydrogen-bond donors (Lipinski definition) is 2. The fourth-order valence-electron chi connectivity index (χ4n) is 2.92. The standard InChI is InChI=1S/C14H15BrN2O2/c15-9-4-8-2-1-3-17-7-11(10(5-9)14(8)17)12(16)6-13(18)19/h4-5,7,12H,1-3,6,16H2,(H,18,19). The summed E-state index contributed by atoms with van der Waals surface area (Å²) in [5.74, 6) is -0.863. The lowest BCUT2D eigenvalue weighted by atomic mass is 9.99. The maximum atomic E-state index is 10.8. The number of aromatic nitrogens is 1. The molecule has 1 aliphatic rings. The van der Waals surface area contributed by atoms with Crippen LogP contribution in [-0.2, 0) is 17.8 Å². The summed E-state index contributed by atoms with van der Waals surface area (Å²) in [5.41, 5.74) is 9.50. The summed E-state index contributed by atoms with van der Waals surface area (Å²) in [7, 11) is 0. The fourth-order valence-corrected chi connectivity index (χ4v) is 3.42. The molecule has 0 amide bonds. The van der Waals surface area contributed by atoms with Crippen LogP contribution in [-0.4, -0.2) is 15.6 Å². The molecule has 0 radical (unpaired) electrons. The Morgan fingerprint density at radius 1 is 1.53 bits per heavy atom. The third-order valence-corrected chi connectivity index (χ3v) is 4.14. The molecule has 0 aliphatic carbocycles. The SMILES string of the molecule is NC(CC(=O)O)c1cn2c3c(cc(Br)cc13)CCC2. The second-order valence-corrected chi connectivity index (χ2v) is 5.96. The molecule has 2 aromatic rings. The van der Waals surface area contributed by atoms with E-state index in [1.807, 2.05) is 12.3 Å². The van der Waals surface area contributed by atoms with Crippen LogP contribution in [0.25, 0.3) is 10.9 Å². The van der Waals surface area contributed by atoms with Crippen molar-refractivity contribution in [1.82, 2.24) is 4.57 Å². The van der Waals surface area contributed by atoms with Gasteiger partial charge < -0.3 is 15.4 Å². The van der Waals surface area contributed by atoms with Gasteiger partial charge in [-0.25, -0.2) is 0 Å². The normalized spacial score (nSPS) is 15.7. The first-order valence-corrected chi connectivity index (χ1v) is 7.14. The van der Waals surface area contributed by atoms with Crippen molar-refractivity contribution in [2.24, 2.45) is 5.73 Å². The molecule has 0 saturated carbocycles. The average molecular weight is 323 g/mol. The molecule has 4 nitrogen and oxygen atoms in total. The number of nitrogens with zero attached hydrogens (tertiary/aromatic N) is 1. The van der Waals surface area contributed by atoms with E-state index in [1.165, 1.54) is 11.1 Å². The van der Waals surface area contributed by atoms with Crippen LogP contribution in [0.4, 0.5) is 0 Å². The Kier molecular flexibility index (Phi) is 3.11. The van der Waals surface area contributed by atoms with Gasteiger partial charge in [0.2, 0.25) is 0 Å². The third-order valence-electron chi connectivity index (χ3n) is 3.69. The zero-order valence-corrected chi connectivity index (χ0v) is 12.0. The Balaban J connectivity index is 2.19. The Morgan fingerprint density at radius 2 is 2.32 bits per heavy atom. The van der Waals surface area contributed by atoms with Gasteiger partial charge in [0, 0.05) is 28.6 Å². The number of benzene rings is 1. The van der Waals surface area contributed by atoms with Crippen molar-refractivity contribution in [3.05, 3.63) is 33.9 Å². The van der Waals surface area contributed by atoms with Crippen molar-refractivity contribution < 1.29 is 9.90 Å². The molecule has 3 N–H and O–H groups in total. The monoisotopic (exact) mass is 322 g/mol. The minimum atomic E-state index is -0.863. The van der Waals surface area contributed by atoms with Gasteiger partial charge in [0.25, 0.3) is 0 Å². The molecule has 0 fully saturated rings. The van der Waals surface area contributed by atoms with E-state index in [4.69, 9.17) is 10.8 Å². The fraction of sp³-hybridized carbons (Fsp3) is 0.357. The average Bonchev–Trinajstić information content (AvgIpc) is 2.69. The molecular weight excluding hydrogens is 308 g/mol. The number of hydrogen-bond acceptors (Lipinski definition) is 2. The van der Waals surface area contributed by atoms with Gasteiger partial charge in [0.05, 0.1) is 11.9 Å². The Morgan fingerprint density at radius 3 is 3.05 bits per heavy atom. The van der Waals surface area contributed by atoms with Crippen LogP contribution in [0.5, 0.6) is 0 Å². The number of rotatable bonds is 3. The molecule has 1 aromatic heterocycles. The predicted octanol–water partition coefficient (Wildman–Crippen LogP) is 2.82. The lowest BCUT2D eigenvalue weighted by molar-refractivity contribution is -0.137. The van der Waals surface area contributed by atoms with Gasteiger partial charge in [-0.2, -0.15) is 0 Å². The van der Waals surface area contributed by atoms with Gasteiger partial charge in [-0.3, -0.25) is 4.79 Å². The number of carbonyl (C=O) groups is 1. The smallest absolute Gasteiger partial charge is 0.305 e. The van der Waals surface area contributed by atoms with Crippen LogP contribution < -0.4 is 5.73 Å². The van der Waals surface area contributed by atoms with E-state index < -0.39 is 12.0 Å². The van der Waals surface area contributed by atoms with Crippen molar-refractivity contribution >= 4 is 32.8 Å². The highest BCUT2D eigenvalue weighted by atomic mass is 79.9. The van der Waals surface area contributed by atoms with Crippen molar-refractivity contribution in [2.75, 3.05) is 0 Å². The first-order chi connectivity index (χ1) is 9.06. The van der Waals surface area contributed by atoms with E-state index in [-0.39, 0.29) is 6.42 Å². The molecule has 1 unspecified atom stereocenters. The van der Waals surface area contributed by atoms with E-state index in [1.54, 1.807) is 0 Å². The predicted molar refractivity (Wildman–Crippen MR) is 77.1 cm³/mol. The van der Waals surface area contributed by atoms with Crippen LogP contribution in [0.15, 0.2) is 22.8 Å². The van der Waals surface area contributed by atoms with E-state index >= 15 is 0 Å². The summed E-state index contributed by atoms with van der Waals surface area (Å²) in [6.07, 6.45) is 4.16. The molecule has 100 valence electrons. The summed E-state index contributed by atoms with van der Waals surface area (Å²) >= 11 is 3.53. The van der Waals surface area contributed by atoms with Crippen LogP contribution in [0, 0.1) is 0 Å². The van der Waals surface area contributed by atoms with Crippen molar-refractivity contribution in [3.8, 4) is 0 Å².